The molecule has 0 aliphatic heterocycles. The van der Waals surface area contributed by atoms with Crippen LogP contribution in [0, 0.1) is 6.92 Å². The van der Waals surface area contributed by atoms with Crippen LogP contribution < -0.4 is 10.1 Å². The lowest BCUT2D eigenvalue weighted by molar-refractivity contribution is 0.274. The molecule has 3 aromatic rings. The first-order chi connectivity index (χ1) is 11.2. The average molecular weight is 313 g/mol. The summed E-state index contributed by atoms with van der Waals surface area (Å²) >= 11 is 0. The Morgan fingerprint density at radius 1 is 1.26 bits per heavy atom. The molecule has 2 aromatic heterocycles. The van der Waals surface area contributed by atoms with Gasteiger partial charge >= 0.3 is 0 Å². The summed E-state index contributed by atoms with van der Waals surface area (Å²) in [5, 5.41) is 19.8. The number of hydrogen-bond donors (Lipinski definition) is 3. The van der Waals surface area contributed by atoms with Crippen LogP contribution in [0.1, 0.15) is 16.9 Å². The molecule has 0 bridgehead atoms. The number of aromatic amines is 1. The van der Waals surface area contributed by atoms with E-state index < -0.39 is 0 Å². The van der Waals surface area contributed by atoms with Gasteiger partial charge in [-0.25, -0.2) is 0 Å². The summed E-state index contributed by atoms with van der Waals surface area (Å²) < 4.78 is 10.8. The summed E-state index contributed by atoms with van der Waals surface area (Å²) in [6.45, 7) is 2.43. The van der Waals surface area contributed by atoms with Crippen LogP contribution in [-0.4, -0.2) is 22.4 Å². The number of hydrogen-bond acceptors (Lipinski definition) is 5. The summed E-state index contributed by atoms with van der Waals surface area (Å²) in [6, 6.07) is 9.46. The van der Waals surface area contributed by atoms with Crippen LogP contribution in [0.2, 0.25) is 0 Å². The average Bonchev–Trinajstić information content (AvgIpc) is 3.20. The van der Waals surface area contributed by atoms with Gasteiger partial charge in [-0.05, 0) is 37.3 Å². The molecule has 120 valence electrons. The van der Waals surface area contributed by atoms with Crippen molar-refractivity contribution in [1.82, 2.24) is 10.2 Å². The second kappa shape index (κ2) is 6.58. The van der Waals surface area contributed by atoms with E-state index in [9.17, 15) is 5.11 Å². The molecule has 6 heteroatoms. The Bertz CT molecular complexity index is 792. The molecule has 0 spiro atoms. The van der Waals surface area contributed by atoms with Crippen molar-refractivity contribution >= 4 is 5.69 Å². The number of methoxy groups -OCH3 is 1. The van der Waals surface area contributed by atoms with Gasteiger partial charge < -0.3 is 19.6 Å². The van der Waals surface area contributed by atoms with Crippen molar-refractivity contribution in [3.63, 3.8) is 0 Å². The van der Waals surface area contributed by atoms with E-state index in [4.69, 9.17) is 9.15 Å². The molecule has 6 nitrogen and oxygen atoms in total. The van der Waals surface area contributed by atoms with Crippen molar-refractivity contribution in [2.24, 2.45) is 0 Å². The highest BCUT2D eigenvalue weighted by Gasteiger charge is 2.11. The van der Waals surface area contributed by atoms with Crippen LogP contribution in [0.15, 0.2) is 40.9 Å². The van der Waals surface area contributed by atoms with Gasteiger partial charge in [-0.15, -0.1) is 0 Å². The molecular formula is C17H19N3O3. The molecule has 1 aromatic carbocycles. The molecule has 0 amide bonds. The number of furan rings is 1. The standard InChI is InChI=1S/C17H19N3O3/c1-11-3-5-16(23-11)17-13(9-19-20-17)8-18-14-4-6-15(22-2)12(7-14)10-21/h3-7,9,18,21H,8,10H2,1-2H3,(H,19,20). The second-order valence-corrected chi connectivity index (χ2v) is 5.22. The Labute approximate surface area is 134 Å². The molecule has 2 heterocycles. The van der Waals surface area contributed by atoms with Gasteiger partial charge in [0.05, 0.1) is 19.9 Å². The summed E-state index contributed by atoms with van der Waals surface area (Å²) in [5.41, 5.74) is 3.51. The number of rotatable bonds is 6. The summed E-state index contributed by atoms with van der Waals surface area (Å²) in [7, 11) is 1.59. The molecule has 0 fully saturated rings. The predicted molar refractivity (Wildman–Crippen MR) is 87.3 cm³/mol. The number of aliphatic hydroxyl groups excluding tert-OH is 1. The monoisotopic (exact) mass is 313 g/mol. The number of anilines is 1. The minimum Gasteiger partial charge on any atom is -0.496 e. The first kappa shape index (κ1) is 15.2. The Balaban J connectivity index is 1.76. The van der Waals surface area contributed by atoms with Crippen LogP contribution in [0.4, 0.5) is 5.69 Å². The van der Waals surface area contributed by atoms with E-state index in [0.29, 0.717) is 12.3 Å². The third-order valence-electron chi connectivity index (χ3n) is 3.64. The molecule has 0 unspecified atom stereocenters. The van der Waals surface area contributed by atoms with Gasteiger partial charge in [0.25, 0.3) is 0 Å². The highest BCUT2D eigenvalue weighted by Crippen LogP contribution is 2.26. The molecule has 0 saturated carbocycles. The maximum atomic E-state index is 9.39. The predicted octanol–water partition coefficient (Wildman–Crippen LogP) is 3.09. The van der Waals surface area contributed by atoms with Gasteiger partial charge in [0.15, 0.2) is 5.76 Å². The number of nitrogens with one attached hydrogen (secondary N) is 2. The van der Waals surface area contributed by atoms with E-state index in [-0.39, 0.29) is 6.61 Å². The lowest BCUT2D eigenvalue weighted by Crippen LogP contribution is -2.01. The van der Waals surface area contributed by atoms with Gasteiger partial charge in [0.1, 0.15) is 17.2 Å². The van der Waals surface area contributed by atoms with Crippen LogP contribution >= 0.6 is 0 Å². The van der Waals surface area contributed by atoms with E-state index in [2.05, 4.69) is 15.5 Å². The van der Waals surface area contributed by atoms with Crippen molar-refractivity contribution in [2.45, 2.75) is 20.1 Å². The second-order valence-electron chi connectivity index (χ2n) is 5.22. The number of aliphatic hydroxyl groups is 1. The van der Waals surface area contributed by atoms with E-state index in [1.165, 1.54) is 0 Å². The molecule has 0 aliphatic carbocycles. The smallest absolute Gasteiger partial charge is 0.152 e. The molecular weight excluding hydrogens is 294 g/mol. The molecule has 0 saturated heterocycles. The topological polar surface area (TPSA) is 83.3 Å². The Morgan fingerprint density at radius 3 is 2.83 bits per heavy atom. The van der Waals surface area contributed by atoms with Crippen molar-refractivity contribution < 1.29 is 14.3 Å². The van der Waals surface area contributed by atoms with Gasteiger partial charge in [0, 0.05) is 23.4 Å². The quantitative estimate of drug-likeness (QED) is 0.651. The van der Waals surface area contributed by atoms with Crippen LogP contribution in [0.5, 0.6) is 5.75 Å². The minimum absolute atomic E-state index is 0.0681. The first-order valence-corrected chi connectivity index (χ1v) is 7.32. The van der Waals surface area contributed by atoms with Crippen molar-refractivity contribution in [1.29, 1.82) is 0 Å². The van der Waals surface area contributed by atoms with Gasteiger partial charge in [-0.3, -0.25) is 5.10 Å². The zero-order valence-corrected chi connectivity index (χ0v) is 13.1. The molecule has 0 aliphatic rings. The molecule has 0 atom stereocenters. The fraction of sp³-hybridized carbons (Fsp3) is 0.235. The summed E-state index contributed by atoms with van der Waals surface area (Å²) in [4.78, 5) is 0. The molecule has 23 heavy (non-hydrogen) atoms. The van der Waals surface area contributed by atoms with Crippen LogP contribution in [-0.2, 0) is 13.2 Å². The van der Waals surface area contributed by atoms with E-state index in [1.807, 2.05) is 37.3 Å². The zero-order chi connectivity index (χ0) is 16.2. The highest BCUT2D eigenvalue weighted by atomic mass is 16.5. The van der Waals surface area contributed by atoms with Gasteiger partial charge in [-0.2, -0.15) is 5.10 Å². The Hall–Kier alpha value is -2.73. The van der Waals surface area contributed by atoms with Gasteiger partial charge in [-0.1, -0.05) is 0 Å². The Morgan fingerprint density at radius 2 is 2.13 bits per heavy atom. The largest absolute Gasteiger partial charge is 0.496 e. The number of aryl methyl sites for hydroxylation is 1. The van der Waals surface area contributed by atoms with Crippen molar-refractivity contribution in [3.8, 4) is 17.2 Å². The normalized spacial score (nSPS) is 10.7. The highest BCUT2D eigenvalue weighted by molar-refractivity contribution is 5.58. The summed E-state index contributed by atoms with van der Waals surface area (Å²) in [6.07, 6.45) is 1.77. The van der Waals surface area contributed by atoms with Crippen molar-refractivity contribution in [3.05, 3.63) is 53.4 Å². The number of H-pyrrole nitrogens is 1. The fourth-order valence-electron chi connectivity index (χ4n) is 2.44. The van der Waals surface area contributed by atoms with Crippen LogP contribution in [0.25, 0.3) is 11.5 Å². The van der Waals surface area contributed by atoms with E-state index in [1.54, 1.807) is 13.3 Å². The van der Waals surface area contributed by atoms with E-state index in [0.717, 1.165) is 34.0 Å². The third kappa shape index (κ3) is 3.22. The van der Waals surface area contributed by atoms with E-state index >= 15 is 0 Å². The summed E-state index contributed by atoms with van der Waals surface area (Å²) in [5.74, 6) is 2.30. The van der Waals surface area contributed by atoms with Crippen LogP contribution in [0.3, 0.4) is 0 Å². The lowest BCUT2D eigenvalue weighted by atomic mass is 10.1. The molecule has 0 radical (unpaired) electrons. The maximum absolute atomic E-state index is 9.39. The van der Waals surface area contributed by atoms with Crippen molar-refractivity contribution in [2.75, 3.05) is 12.4 Å². The first-order valence-electron chi connectivity index (χ1n) is 7.32. The third-order valence-corrected chi connectivity index (χ3v) is 3.64. The number of aromatic nitrogens is 2. The van der Waals surface area contributed by atoms with Gasteiger partial charge in [0.2, 0.25) is 0 Å². The Kier molecular flexibility index (Phi) is 4.34. The number of ether oxygens (including phenoxy) is 1. The lowest BCUT2D eigenvalue weighted by Gasteiger charge is -2.10. The minimum atomic E-state index is -0.0681. The fourth-order valence-corrected chi connectivity index (χ4v) is 2.44. The molecule has 3 N–H and O–H groups in total. The molecule has 3 rings (SSSR count). The maximum Gasteiger partial charge on any atom is 0.152 e. The zero-order valence-electron chi connectivity index (χ0n) is 13.1. The number of nitrogens with zero attached hydrogens (tertiary/aromatic N) is 1. The SMILES string of the molecule is COc1ccc(NCc2cn[nH]c2-c2ccc(C)o2)cc1CO. The number of benzene rings is 1.